The maximum absolute atomic E-state index is 12.5. The predicted octanol–water partition coefficient (Wildman–Crippen LogP) is 14.5. The van der Waals surface area contributed by atoms with Crippen molar-refractivity contribution in [1.29, 1.82) is 0 Å². The highest BCUT2D eigenvalue weighted by atomic mass is 16.5. The molecule has 0 saturated carbocycles. The van der Waals surface area contributed by atoms with E-state index >= 15 is 0 Å². The van der Waals surface area contributed by atoms with Crippen molar-refractivity contribution >= 4 is 11.9 Å². The van der Waals surface area contributed by atoms with Gasteiger partial charge in [-0.05, 0) is 32.1 Å². The molecule has 1 atom stereocenters. The number of rotatable bonds is 39. The summed E-state index contributed by atoms with van der Waals surface area (Å²) < 4.78 is 5.84. The van der Waals surface area contributed by atoms with Gasteiger partial charge in [-0.25, -0.2) is 0 Å². The van der Waals surface area contributed by atoms with E-state index < -0.39 is 5.97 Å². The van der Waals surface area contributed by atoms with Crippen LogP contribution in [0.25, 0.3) is 0 Å². The molecule has 0 amide bonds. The van der Waals surface area contributed by atoms with Gasteiger partial charge in [0, 0.05) is 12.8 Å². The number of carboxylic acids is 1. The van der Waals surface area contributed by atoms with Crippen LogP contribution in [-0.2, 0) is 14.3 Å². The van der Waals surface area contributed by atoms with Gasteiger partial charge in [0.2, 0.25) is 0 Å². The minimum Gasteiger partial charge on any atom is -0.481 e. The Labute approximate surface area is 288 Å². The number of carboxylic acid groups (broad SMARTS) is 1. The molecule has 0 saturated heterocycles. The van der Waals surface area contributed by atoms with E-state index in [1.807, 2.05) is 0 Å². The Hall–Kier alpha value is -1.06. The first-order chi connectivity index (χ1) is 22.6. The molecule has 4 heteroatoms. The van der Waals surface area contributed by atoms with Gasteiger partial charge in [-0.2, -0.15) is 0 Å². The molecule has 4 nitrogen and oxygen atoms in total. The lowest BCUT2D eigenvalue weighted by molar-refractivity contribution is -0.150. The van der Waals surface area contributed by atoms with Crippen LogP contribution in [0.15, 0.2) is 0 Å². The minimum atomic E-state index is -0.764. The van der Waals surface area contributed by atoms with Gasteiger partial charge in [0.15, 0.2) is 0 Å². The lowest BCUT2D eigenvalue weighted by Gasteiger charge is -2.18. The fourth-order valence-electron chi connectivity index (χ4n) is 6.73. The number of hydrogen-bond donors (Lipinski definition) is 1. The third kappa shape index (κ3) is 37.4. The molecule has 0 aromatic rings. The highest BCUT2D eigenvalue weighted by Gasteiger charge is 2.15. The van der Waals surface area contributed by atoms with Crippen LogP contribution in [0.2, 0.25) is 0 Å². The summed E-state index contributed by atoms with van der Waals surface area (Å²) in [7, 11) is 0. The molecule has 0 radical (unpaired) electrons. The summed E-state index contributed by atoms with van der Waals surface area (Å²) >= 11 is 0. The van der Waals surface area contributed by atoms with E-state index in [0.29, 0.717) is 19.3 Å². The van der Waals surface area contributed by atoms with Gasteiger partial charge in [0.05, 0.1) is 0 Å². The number of unbranched alkanes of at least 4 members (excludes halogenated alkanes) is 30. The predicted molar refractivity (Wildman–Crippen MR) is 200 cm³/mol. The monoisotopic (exact) mass is 651 g/mol. The number of aliphatic carboxylic acids is 1. The average molecular weight is 651 g/mol. The highest BCUT2D eigenvalue weighted by Crippen LogP contribution is 2.19. The van der Waals surface area contributed by atoms with Gasteiger partial charge in [-0.1, -0.05) is 206 Å². The van der Waals surface area contributed by atoms with Crippen molar-refractivity contribution in [1.82, 2.24) is 0 Å². The largest absolute Gasteiger partial charge is 0.481 e. The van der Waals surface area contributed by atoms with Crippen LogP contribution in [0.4, 0.5) is 0 Å². The first kappa shape index (κ1) is 44.9. The van der Waals surface area contributed by atoms with E-state index in [4.69, 9.17) is 9.84 Å². The fourth-order valence-corrected chi connectivity index (χ4v) is 6.73. The van der Waals surface area contributed by atoms with Crippen molar-refractivity contribution < 1.29 is 19.4 Å². The molecule has 0 heterocycles. The molecule has 0 bridgehead atoms. The minimum absolute atomic E-state index is 0.0822. The van der Waals surface area contributed by atoms with Crippen LogP contribution in [0.3, 0.4) is 0 Å². The molecule has 0 aliphatic rings. The van der Waals surface area contributed by atoms with Crippen LogP contribution < -0.4 is 0 Å². The molecular formula is C42H82O4. The zero-order valence-electron chi connectivity index (χ0n) is 31.4. The van der Waals surface area contributed by atoms with Crippen molar-refractivity contribution in [2.75, 3.05) is 0 Å². The second-order valence-corrected chi connectivity index (χ2v) is 14.5. The van der Waals surface area contributed by atoms with Gasteiger partial charge in [0.1, 0.15) is 6.10 Å². The Balaban J connectivity index is 3.65. The lowest BCUT2D eigenvalue weighted by atomic mass is 10.0. The van der Waals surface area contributed by atoms with Crippen LogP contribution in [0, 0.1) is 0 Å². The number of esters is 1. The summed E-state index contributed by atoms with van der Waals surface area (Å²) in [4.78, 5) is 23.5. The average Bonchev–Trinajstić information content (AvgIpc) is 3.04. The second kappa shape index (κ2) is 38.4. The Morgan fingerprint density at radius 2 is 0.674 bits per heavy atom. The molecule has 1 unspecified atom stereocenters. The van der Waals surface area contributed by atoms with Gasteiger partial charge in [-0.15, -0.1) is 0 Å². The molecule has 0 aliphatic heterocycles. The maximum atomic E-state index is 12.5. The highest BCUT2D eigenvalue weighted by molar-refractivity contribution is 5.69. The zero-order valence-corrected chi connectivity index (χ0v) is 31.4. The quantitative estimate of drug-likeness (QED) is 0.0531. The first-order valence-electron chi connectivity index (χ1n) is 21.0. The van der Waals surface area contributed by atoms with Crippen LogP contribution in [0.1, 0.15) is 251 Å². The maximum Gasteiger partial charge on any atom is 0.306 e. The molecule has 0 rings (SSSR count). The fraction of sp³-hybridized carbons (Fsp3) is 0.952. The van der Waals surface area contributed by atoms with Crippen molar-refractivity contribution in [2.45, 2.75) is 258 Å². The van der Waals surface area contributed by atoms with Gasteiger partial charge in [-0.3, -0.25) is 9.59 Å². The van der Waals surface area contributed by atoms with Gasteiger partial charge in [0.25, 0.3) is 0 Å². The van der Waals surface area contributed by atoms with Crippen molar-refractivity contribution in [3.05, 3.63) is 0 Å². The molecular weight excluding hydrogens is 568 g/mol. The zero-order chi connectivity index (χ0) is 33.6. The SMILES string of the molecule is CCCCCCCCCCCCCCCCCCCCCCCC(=O)OC(CCCCCCCCCCCCC)CCCC(=O)O. The van der Waals surface area contributed by atoms with E-state index in [0.717, 1.165) is 25.7 Å². The molecule has 0 spiro atoms. The van der Waals surface area contributed by atoms with Gasteiger partial charge >= 0.3 is 11.9 Å². The van der Waals surface area contributed by atoms with E-state index in [-0.39, 0.29) is 18.5 Å². The number of ether oxygens (including phenoxy) is 1. The normalized spacial score (nSPS) is 12.0. The molecule has 274 valence electrons. The van der Waals surface area contributed by atoms with Gasteiger partial charge < -0.3 is 9.84 Å². The summed E-state index contributed by atoms with van der Waals surface area (Å²) in [5.74, 6) is -0.847. The second-order valence-electron chi connectivity index (χ2n) is 14.5. The molecule has 0 aromatic heterocycles. The van der Waals surface area contributed by atoms with Crippen molar-refractivity contribution in [3.63, 3.8) is 0 Å². The van der Waals surface area contributed by atoms with E-state index in [1.165, 1.54) is 186 Å². The third-order valence-corrected chi connectivity index (χ3v) is 9.83. The van der Waals surface area contributed by atoms with E-state index in [2.05, 4.69) is 13.8 Å². The van der Waals surface area contributed by atoms with E-state index in [1.54, 1.807) is 0 Å². The Morgan fingerprint density at radius 1 is 0.391 bits per heavy atom. The van der Waals surface area contributed by atoms with Crippen molar-refractivity contribution in [3.8, 4) is 0 Å². The Morgan fingerprint density at radius 3 is 1.00 bits per heavy atom. The first-order valence-corrected chi connectivity index (χ1v) is 21.0. The van der Waals surface area contributed by atoms with Crippen LogP contribution >= 0.6 is 0 Å². The molecule has 0 aromatic carbocycles. The summed E-state index contributed by atoms with van der Waals surface area (Å²) in [6, 6.07) is 0. The number of hydrogen-bond acceptors (Lipinski definition) is 3. The summed E-state index contributed by atoms with van der Waals surface area (Å²) in [6.07, 6.45) is 45.6. The molecule has 46 heavy (non-hydrogen) atoms. The topological polar surface area (TPSA) is 63.6 Å². The summed E-state index contributed by atoms with van der Waals surface area (Å²) in [5.41, 5.74) is 0. The molecule has 0 aliphatic carbocycles. The summed E-state index contributed by atoms with van der Waals surface area (Å²) in [6.45, 7) is 4.56. The number of carbonyl (C=O) groups is 2. The third-order valence-electron chi connectivity index (χ3n) is 9.83. The van der Waals surface area contributed by atoms with E-state index in [9.17, 15) is 9.59 Å². The standard InChI is InChI=1S/C42H82O4/c1-3-5-7-9-11-13-15-16-17-18-19-20-21-22-23-24-26-28-30-32-34-39-42(45)46-40(37-35-38-41(43)44)36-33-31-29-27-25-14-12-10-8-6-4-2/h40H,3-39H2,1-2H3,(H,43,44). The lowest BCUT2D eigenvalue weighted by Crippen LogP contribution is -2.18. The molecule has 1 N–H and O–H groups in total. The number of carbonyl (C=O) groups excluding carboxylic acids is 1. The van der Waals surface area contributed by atoms with Crippen molar-refractivity contribution in [2.24, 2.45) is 0 Å². The smallest absolute Gasteiger partial charge is 0.306 e. The van der Waals surface area contributed by atoms with Crippen LogP contribution in [0.5, 0.6) is 0 Å². The van der Waals surface area contributed by atoms with Crippen LogP contribution in [-0.4, -0.2) is 23.1 Å². The molecule has 0 fully saturated rings. The Kier molecular flexibility index (Phi) is 37.5. The Bertz CT molecular complexity index is 619. The summed E-state index contributed by atoms with van der Waals surface area (Å²) in [5, 5.41) is 9.01.